The molecule has 0 aliphatic carbocycles. The number of ether oxygens (including phenoxy) is 1. The average molecular weight is 397 g/mol. The van der Waals surface area contributed by atoms with E-state index < -0.39 is 10.0 Å². The van der Waals surface area contributed by atoms with Gasteiger partial charge in [0, 0.05) is 17.3 Å². The van der Waals surface area contributed by atoms with Crippen LogP contribution < -0.4 is 14.4 Å². The number of hydrogen-bond acceptors (Lipinski definition) is 4. The summed E-state index contributed by atoms with van der Waals surface area (Å²) >= 11 is 5.89. The van der Waals surface area contributed by atoms with E-state index in [0.29, 0.717) is 28.7 Å². The van der Waals surface area contributed by atoms with E-state index in [9.17, 15) is 13.2 Å². The van der Waals surface area contributed by atoms with Gasteiger partial charge >= 0.3 is 0 Å². The molecule has 0 saturated heterocycles. The highest BCUT2D eigenvalue weighted by atomic mass is 35.5. The van der Waals surface area contributed by atoms with Gasteiger partial charge in [0.25, 0.3) is 5.91 Å². The van der Waals surface area contributed by atoms with Crippen LogP contribution in [-0.2, 0) is 14.8 Å². The highest BCUT2D eigenvalue weighted by Gasteiger charge is 2.15. The van der Waals surface area contributed by atoms with E-state index in [1.165, 1.54) is 4.31 Å². The van der Waals surface area contributed by atoms with Crippen molar-refractivity contribution in [2.45, 2.75) is 13.8 Å². The number of aryl methyl sites for hydroxylation is 1. The van der Waals surface area contributed by atoms with Crippen molar-refractivity contribution in [1.29, 1.82) is 0 Å². The van der Waals surface area contributed by atoms with Gasteiger partial charge in [-0.3, -0.25) is 9.10 Å². The van der Waals surface area contributed by atoms with E-state index in [1.54, 1.807) is 49.4 Å². The lowest BCUT2D eigenvalue weighted by Gasteiger charge is -2.20. The van der Waals surface area contributed by atoms with Crippen molar-refractivity contribution in [2.24, 2.45) is 0 Å². The molecule has 2 aromatic carbocycles. The van der Waals surface area contributed by atoms with Crippen molar-refractivity contribution in [3.63, 3.8) is 0 Å². The Labute approximate surface area is 158 Å². The van der Waals surface area contributed by atoms with Gasteiger partial charge in [-0.25, -0.2) is 8.42 Å². The standard InChI is InChI=1S/C18H21ClN2O4S/c1-4-21(26(3,23)24)15-6-8-16(9-7-15)25-12-18(22)20-17-10-5-14(19)11-13(17)2/h5-11H,4,12H2,1-3H3,(H,20,22). The maximum Gasteiger partial charge on any atom is 0.262 e. The lowest BCUT2D eigenvalue weighted by Crippen LogP contribution is -2.29. The van der Waals surface area contributed by atoms with Gasteiger partial charge < -0.3 is 10.1 Å². The Morgan fingerprint density at radius 1 is 1.19 bits per heavy atom. The number of carbonyl (C=O) groups excluding carboxylic acids is 1. The van der Waals surface area contributed by atoms with E-state index in [1.807, 2.05) is 6.92 Å². The van der Waals surface area contributed by atoms with E-state index in [4.69, 9.17) is 16.3 Å². The van der Waals surface area contributed by atoms with Crippen LogP contribution in [0.5, 0.6) is 5.75 Å². The van der Waals surface area contributed by atoms with Gasteiger partial charge in [0.2, 0.25) is 10.0 Å². The average Bonchev–Trinajstić information content (AvgIpc) is 2.56. The van der Waals surface area contributed by atoms with Gasteiger partial charge in [-0.2, -0.15) is 0 Å². The van der Waals surface area contributed by atoms with Crippen LogP contribution in [0.1, 0.15) is 12.5 Å². The van der Waals surface area contributed by atoms with Crippen molar-refractivity contribution >= 4 is 38.9 Å². The van der Waals surface area contributed by atoms with E-state index in [-0.39, 0.29) is 12.5 Å². The third-order valence-corrected chi connectivity index (χ3v) is 5.15. The first-order valence-corrected chi connectivity index (χ1v) is 10.2. The maximum atomic E-state index is 12.0. The van der Waals surface area contributed by atoms with Crippen LogP contribution in [0.4, 0.5) is 11.4 Å². The molecule has 8 heteroatoms. The van der Waals surface area contributed by atoms with Gasteiger partial charge in [-0.15, -0.1) is 0 Å². The Morgan fingerprint density at radius 2 is 1.85 bits per heavy atom. The van der Waals surface area contributed by atoms with Gasteiger partial charge in [0.15, 0.2) is 6.61 Å². The highest BCUT2D eigenvalue weighted by molar-refractivity contribution is 7.92. The molecule has 0 aliphatic rings. The molecular formula is C18H21ClN2O4S. The molecule has 0 radical (unpaired) electrons. The smallest absolute Gasteiger partial charge is 0.262 e. The summed E-state index contributed by atoms with van der Waals surface area (Å²) in [5, 5.41) is 3.36. The molecular weight excluding hydrogens is 376 g/mol. The number of hydrogen-bond donors (Lipinski definition) is 1. The molecule has 0 bridgehead atoms. The molecule has 1 N–H and O–H groups in total. The second-order valence-electron chi connectivity index (χ2n) is 5.72. The van der Waals surface area contributed by atoms with Crippen molar-refractivity contribution < 1.29 is 17.9 Å². The molecule has 2 rings (SSSR count). The minimum absolute atomic E-state index is 0.162. The Morgan fingerprint density at radius 3 is 2.38 bits per heavy atom. The third kappa shape index (κ3) is 5.37. The topological polar surface area (TPSA) is 75.7 Å². The van der Waals surface area contributed by atoms with E-state index in [2.05, 4.69) is 5.32 Å². The highest BCUT2D eigenvalue weighted by Crippen LogP contribution is 2.22. The monoisotopic (exact) mass is 396 g/mol. The second-order valence-corrected chi connectivity index (χ2v) is 8.06. The molecule has 0 aromatic heterocycles. The molecule has 140 valence electrons. The number of nitrogens with one attached hydrogen (secondary N) is 1. The fraction of sp³-hybridized carbons (Fsp3) is 0.278. The largest absolute Gasteiger partial charge is 0.484 e. The summed E-state index contributed by atoms with van der Waals surface area (Å²) in [6.07, 6.45) is 1.16. The maximum absolute atomic E-state index is 12.0. The fourth-order valence-electron chi connectivity index (χ4n) is 2.42. The summed E-state index contributed by atoms with van der Waals surface area (Å²) in [4.78, 5) is 12.0. The second kappa shape index (κ2) is 8.42. The number of anilines is 2. The first-order chi connectivity index (χ1) is 12.2. The molecule has 26 heavy (non-hydrogen) atoms. The number of nitrogens with zero attached hydrogens (tertiary/aromatic N) is 1. The quantitative estimate of drug-likeness (QED) is 0.777. The van der Waals surface area contributed by atoms with Gasteiger partial charge in [0.1, 0.15) is 5.75 Å². The summed E-state index contributed by atoms with van der Waals surface area (Å²) in [6.45, 7) is 3.78. The number of rotatable bonds is 7. The lowest BCUT2D eigenvalue weighted by atomic mass is 10.2. The summed E-state index contributed by atoms with van der Waals surface area (Å²) in [6, 6.07) is 11.7. The molecule has 2 aromatic rings. The predicted octanol–water partition coefficient (Wildman–Crippen LogP) is 3.45. The van der Waals surface area contributed by atoms with Crippen LogP contribution in [0.3, 0.4) is 0 Å². The van der Waals surface area contributed by atoms with Gasteiger partial charge in [-0.1, -0.05) is 11.6 Å². The van der Waals surface area contributed by atoms with Crippen LogP contribution >= 0.6 is 11.6 Å². The molecule has 1 amide bonds. The number of amides is 1. The summed E-state index contributed by atoms with van der Waals surface area (Å²) < 4.78 is 30.2. The molecule has 0 aliphatic heterocycles. The fourth-order valence-corrected chi connectivity index (χ4v) is 3.62. The van der Waals surface area contributed by atoms with Gasteiger partial charge in [0.05, 0.1) is 11.9 Å². The van der Waals surface area contributed by atoms with Crippen molar-refractivity contribution in [1.82, 2.24) is 0 Å². The van der Waals surface area contributed by atoms with Crippen molar-refractivity contribution in [2.75, 3.05) is 29.0 Å². The zero-order chi connectivity index (χ0) is 19.3. The zero-order valence-electron chi connectivity index (χ0n) is 14.8. The first-order valence-electron chi connectivity index (χ1n) is 7.97. The zero-order valence-corrected chi connectivity index (χ0v) is 16.4. The van der Waals surface area contributed by atoms with Gasteiger partial charge in [-0.05, 0) is 61.9 Å². The molecule has 6 nitrogen and oxygen atoms in total. The normalized spacial score (nSPS) is 11.1. The molecule has 0 heterocycles. The Balaban J connectivity index is 1.96. The molecule has 0 atom stereocenters. The van der Waals surface area contributed by atoms with Crippen LogP contribution in [0, 0.1) is 6.92 Å². The molecule has 0 spiro atoms. The number of sulfonamides is 1. The molecule has 0 saturated carbocycles. The Hall–Kier alpha value is -2.25. The van der Waals surface area contributed by atoms with E-state index in [0.717, 1.165) is 11.8 Å². The molecule has 0 fully saturated rings. The SMILES string of the molecule is CCN(c1ccc(OCC(=O)Nc2ccc(Cl)cc2C)cc1)S(C)(=O)=O. The van der Waals surface area contributed by atoms with Crippen LogP contribution in [0.2, 0.25) is 5.02 Å². The van der Waals surface area contributed by atoms with Crippen molar-refractivity contribution in [3.8, 4) is 5.75 Å². The van der Waals surface area contributed by atoms with Crippen LogP contribution in [-0.4, -0.2) is 33.7 Å². The lowest BCUT2D eigenvalue weighted by molar-refractivity contribution is -0.118. The van der Waals surface area contributed by atoms with Crippen LogP contribution in [0.25, 0.3) is 0 Å². The minimum Gasteiger partial charge on any atom is -0.484 e. The molecule has 0 unspecified atom stereocenters. The van der Waals surface area contributed by atoms with Crippen LogP contribution in [0.15, 0.2) is 42.5 Å². The summed E-state index contributed by atoms with van der Waals surface area (Å²) in [5.41, 5.74) is 2.07. The summed E-state index contributed by atoms with van der Waals surface area (Å²) in [7, 11) is -3.33. The number of benzene rings is 2. The van der Waals surface area contributed by atoms with Crippen molar-refractivity contribution in [3.05, 3.63) is 53.1 Å². The number of carbonyl (C=O) groups is 1. The third-order valence-electron chi connectivity index (χ3n) is 3.64. The Bertz CT molecular complexity index is 883. The minimum atomic E-state index is -3.33. The first kappa shape index (κ1) is 20.1. The summed E-state index contributed by atoms with van der Waals surface area (Å²) in [5.74, 6) is 0.173. The Kier molecular flexibility index (Phi) is 6.50. The number of halogens is 1. The van der Waals surface area contributed by atoms with E-state index >= 15 is 0 Å². The predicted molar refractivity (Wildman–Crippen MR) is 105 cm³/mol.